The van der Waals surface area contributed by atoms with E-state index in [-0.39, 0.29) is 29.7 Å². The highest BCUT2D eigenvalue weighted by molar-refractivity contribution is 7.90. The fraction of sp³-hybridized carbons (Fsp3) is 0.176. The first-order valence-electron chi connectivity index (χ1n) is 15.6. The van der Waals surface area contributed by atoms with Gasteiger partial charge in [0.2, 0.25) is 41.7 Å². The highest BCUT2D eigenvalue weighted by atomic mass is 32.2. The van der Waals surface area contributed by atoms with E-state index in [2.05, 4.69) is 25.3 Å². The van der Waals surface area contributed by atoms with Gasteiger partial charge in [-0.15, -0.1) is 0 Å². The van der Waals surface area contributed by atoms with E-state index < -0.39 is 99.9 Å². The number of carbonyl (C=O) groups is 2. The first-order chi connectivity index (χ1) is 27.2. The van der Waals surface area contributed by atoms with Crippen LogP contribution in [0.2, 0.25) is 0 Å². The van der Waals surface area contributed by atoms with Crippen LogP contribution < -0.4 is 14.8 Å². The predicted molar refractivity (Wildman–Crippen MR) is 186 cm³/mol. The third-order valence-electron chi connectivity index (χ3n) is 6.67. The van der Waals surface area contributed by atoms with Crippen LogP contribution in [-0.2, 0) is 38.6 Å². The van der Waals surface area contributed by atoms with E-state index in [1.54, 1.807) is 0 Å². The summed E-state index contributed by atoms with van der Waals surface area (Å²) in [5.41, 5.74) is -3.47. The van der Waals surface area contributed by atoms with E-state index >= 15 is 0 Å². The molecule has 0 aliphatic rings. The van der Waals surface area contributed by atoms with Crippen molar-refractivity contribution >= 4 is 31.6 Å². The molecule has 0 bridgehead atoms. The number of aromatic nitrogens is 4. The Morgan fingerprint density at radius 1 is 0.644 bits per heavy atom. The molecule has 2 aromatic heterocycles. The Balaban J connectivity index is 0.000000238. The summed E-state index contributed by atoms with van der Waals surface area (Å²) >= 11 is 0. The Bertz CT molecular complexity index is 2360. The number of alkyl halides is 6. The highest BCUT2D eigenvalue weighted by Gasteiger charge is 2.36. The fourth-order valence-corrected chi connectivity index (χ4v) is 5.05. The SMILES string of the molecule is CNCc1cc(C(F)(F)F)cc(C(F)(F)F)c1.CS(=O)(=O)c1ncc(C(=O)O)c(Oc2ccc(F)cc2)n1.CS(=O)(=O)c1ncc(C(=O)O)c(Oc2ccc(F)cc2)n1. The molecule has 0 spiro atoms. The number of nitrogens with zero attached hydrogens (tertiary/aromatic N) is 4. The van der Waals surface area contributed by atoms with E-state index in [0.29, 0.717) is 12.1 Å². The maximum atomic E-state index is 12.8. The number of hydrogen-bond acceptors (Lipinski definition) is 13. The minimum absolute atomic E-state index is 0.0605. The largest absolute Gasteiger partial charge is 0.477 e. The van der Waals surface area contributed by atoms with Crippen molar-refractivity contribution in [3.63, 3.8) is 0 Å². The van der Waals surface area contributed by atoms with Gasteiger partial charge in [0.1, 0.15) is 34.3 Å². The van der Waals surface area contributed by atoms with Crippen molar-refractivity contribution in [2.75, 3.05) is 19.6 Å². The number of nitrogens with one attached hydrogen (secondary N) is 1. The number of rotatable bonds is 10. The second-order valence-electron chi connectivity index (χ2n) is 11.5. The molecule has 15 nitrogen and oxygen atoms in total. The predicted octanol–water partition coefficient (Wildman–Crippen LogP) is 6.46. The number of aromatic carboxylic acids is 2. The van der Waals surface area contributed by atoms with Crippen molar-refractivity contribution in [2.45, 2.75) is 29.2 Å². The van der Waals surface area contributed by atoms with Crippen molar-refractivity contribution in [1.82, 2.24) is 25.3 Å². The normalized spacial score (nSPS) is 11.6. The number of benzene rings is 3. The lowest BCUT2D eigenvalue weighted by atomic mass is 10.0. The standard InChI is InChI=1S/2C12H9FN2O5S.C10H9F6N/c2*1-21(18,19)12-14-6-9(11(16)17)10(15-12)20-8-4-2-7(13)3-5-8;1-17-5-6-2-7(9(11,12)13)4-8(3-6)10(14,15)16/h2*2-6H,1H3,(H,16,17);2-4,17H,5H2,1H3. The Labute approximate surface area is 328 Å². The minimum atomic E-state index is -4.79. The van der Waals surface area contributed by atoms with Gasteiger partial charge in [-0.25, -0.2) is 45.2 Å². The molecule has 0 unspecified atom stereocenters. The molecule has 25 heteroatoms. The second-order valence-corrected chi connectivity index (χ2v) is 15.3. The molecule has 0 atom stereocenters. The van der Waals surface area contributed by atoms with E-state index in [1.165, 1.54) is 31.3 Å². The van der Waals surface area contributed by atoms with Crippen LogP contribution in [0.3, 0.4) is 0 Å². The van der Waals surface area contributed by atoms with Gasteiger partial charge in [0, 0.05) is 19.1 Å². The Hall–Kier alpha value is -6.34. The molecule has 0 fully saturated rings. The molecule has 3 aromatic carbocycles. The van der Waals surface area contributed by atoms with Crippen LogP contribution in [0.4, 0.5) is 35.1 Å². The van der Waals surface area contributed by atoms with E-state index in [4.69, 9.17) is 19.7 Å². The average molecular weight is 882 g/mol. The molecule has 0 saturated heterocycles. The van der Waals surface area contributed by atoms with Crippen molar-refractivity contribution in [2.24, 2.45) is 0 Å². The van der Waals surface area contributed by atoms with Gasteiger partial charge in [-0.05, 0) is 79.3 Å². The lowest BCUT2D eigenvalue weighted by Gasteiger charge is -2.13. The van der Waals surface area contributed by atoms with Crippen LogP contribution in [0.5, 0.6) is 23.3 Å². The summed E-state index contributed by atoms with van der Waals surface area (Å²) in [6.45, 7) is -0.0625. The number of ether oxygens (including phenoxy) is 2. The van der Waals surface area contributed by atoms with E-state index in [0.717, 1.165) is 49.2 Å². The molecular formula is C34H27F8N5O10S2. The number of hydrogen-bond donors (Lipinski definition) is 3. The van der Waals surface area contributed by atoms with Crippen LogP contribution in [-0.4, -0.2) is 78.5 Å². The molecule has 0 saturated carbocycles. The number of carboxylic acid groups (broad SMARTS) is 2. The van der Waals surface area contributed by atoms with Gasteiger partial charge < -0.3 is 25.0 Å². The van der Waals surface area contributed by atoms with E-state index in [9.17, 15) is 61.5 Å². The molecule has 0 amide bonds. The zero-order chi connectivity index (χ0) is 44.5. The summed E-state index contributed by atoms with van der Waals surface area (Å²) in [5.74, 6) is -4.43. The summed E-state index contributed by atoms with van der Waals surface area (Å²) in [7, 11) is -6.01. The van der Waals surface area contributed by atoms with Crippen LogP contribution >= 0.6 is 0 Å². The van der Waals surface area contributed by atoms with Crippen LogP contribution in [0.25, 0.3) is 0 Å². The molecule has 59 heavy (non-hydrogen) atoms. The third kappa shape index (κ3) is 14.2. The molecule has 0 aliphatic carbocycles. The molecule has 5 aromatic rings. The quantitative estimate of drug-likeness (QED) is 0.101. The molecule has 0 aliphatic heterocycles. The summed E-state index contributed by atoms with van der Waals surface area (Å²) in [5, 5.41) is 19.4. The van der Waals surface area contributed by atoms with E-state index in [1.807, 2.05) is 0 Å². The lowest BCUT2D eigenvalue weighted by Crippen LogP contribution is -2.14. The maximum absolute atomic E-state index is 12.8. The Kier molecular flexibility index (Phi) is 15.1. The summed E-state index contributed by atoms with van der Waals surface area (Å²) in [6, 6.07) is 10.9. The first kappa shape index (κ1) is 47.0. The number of sulfone groups is 2. The first-order valence-corrected chi connectivity index (χ1v) is 19.4. The summed E-state index contributed by atoms with van der Waals surface area (Å²) < 4.78 is 156. The van der Waals surface area contributed by atoms with Gasteiger partial charge in [0.15, 0.2) is 0 Å². The average Bonchev–Trinajstić information content (AvgIpc) is 3.12. The molecule has 316 valence electrons. The van der Waals surface area contributed by atoms with Gasteiger partial charge in [-0.3, -0.25) is 0 Å². The van der Waals surface area contributed by atoms with Gasteiger partial charge in [0.05, 0.1) is 23.5 Å². The van der Waals surface area contributed by atoms with Gasteiger partial charge in [-0.2, -0.15) is 36.3 Å². The topological polar surface area (TPSA) is 225 Å². The van der Waals surface area contributed by atoms with Gasteiger partial charge >= 0.3 is 24.3 Å². The number of carboxylic acids is 2. The molecule has 0 radical (unpaired) electrons. The van der Waals surface area contributed by atoms with Gasteiger partial charge in [0.25, 0.3) is 0 Å². The molecule has 5 rings (SSSR count). The third-order valence-corrected chi connectivity index (χ3v) is 8.39. The van der Waals surface area contributed by atoms with Crippen LogP contribution in [0, 0.1) is 11.6 Å². The smallest absolute Gasteiger partial charge is 0.416 e. The summed E-state index contributed by atoms with van der Waals surface area (Å²) in [4.78, 5) is 36.2. The second kappa shape index (κ2) is 18.9. The zero-order valence-electron chi connectivity index (χ0n) is 30.0. The van der Waals surface area contributed by atoms with Crippen molar-refractivity contribution in [3.8, 4) is 23.3 Å². The maximum Gasteiger partial charge on any atom is 0.416 e. The summed E-state index contributed by atoms with van der Waals surface area (Å²) in [6.07, 6.45) is -6.14. The van der Waals surface area contributed by atoms with Crippen LogP contribution in [0.1, 0.15) is 37.4 Å². The fourth-order valence-electron chi connectivity index (χ4n) is 4.06. The molecule has 2 heterocycles. The lowest BCUT2D eigenvalue weighted by molar-refractivity contribution is -0.143. The Morgan fingerprint density at radius 2 is 0.983 bits per heavy atom. The van der Waals surface area contributed by atoms with Crippen molar-refractivity contribution in [3.05, 3.63) is 119 Å². The van der Waals surface area contributed by atoms with Crippen molar-refractivity contribution in [1.29, 1.82) is 0 Å². The monoisotopic (exact) mass is 881 g/mol. The van der Waals surface area contributed by atoms with Crippen LogP contribution in [0.15, 0.2) is 89.4 Å². The Morgan fingerprint density at radius 3 is 1.25 bits per heavy atom. The zero-order valence-corrected chi connectivity index (χ0v) is 31.6. The van der Waals surface area contributed by atoms with Gasteiger partial charge in [-0.1, -0.05) is 0 Å². The molecule has 3 N–H and O–H groups in total. The van der Waals surface area contributed by atoms with Crippen molar-refractivity contribution < 1.29 is 81.2 Å². The highest BCUT2D eigenvalue weighted by Crippen LogP contribution is 2.36. The molecular weight excluding hydrogens is 855 g/mol. The number of halogens is 8. The minimum Gasteiger partial charge on any atom is -0.477 e.